The summed E-state index contributed by atoms with van der Waals surface area (Å²) in [5, 5.41) is 3.05. The van der Waals surface area contributed by atoms with E-state index in [2.05, 4.69) is 5.32 Å². The topological polar surface area (TPSA) is 84.7 Å². The van der Waals surface area contributed by atoms with Crippen LogP contribution in [0.15, 0.2) is 24.3 Å². The van der Waals surface area contributed by atoms with Gasteiger partial charge in [0, 0.05) is 37.1 Å². The first kappa shape index (κ1) is 22.7. The Hall–Kier alpha value is -1.63. The first-order chi connectivity index (χ1) is 12.7. The molecule has 3 unspecified atom stereocenters. The van der Waals surface area contributed by atoms with Crippen LogP contribution in [-0.4, -0.2) is 36.6 Å². The van der Waals surface area contributed by atoms with Crippen molar-refractivity contribution in [2.75, 3.05) is 18.1 Å². The van der Waals surface area contributed by atoms with E-state index in [1.807, 2.05) is 56.9 Å². The zero-order valence-corrected chi connectivity index (χ0v) is 18.0. The Morgan fingerprint density at radius 3 is 2.50 bits per heavy atom. The second kappa shape index (κ2) is 8.39. The monoisotopic (exact) mass is 409 g/mol. The van der Waals surface area contributed by atoms with E-state index in [0.29, 0.717) is 19.4 Å². The van der Waals surface area contributed by atoms with Crippen LogP contribution in [0.3, 0.4) is 0 Å². The van der Waals surface area contributed by atoms with Crippen molar-refractivity contribution in [1.82, 2.24) is 5.32 Å². The molecule has 28 heavy (non-hydrogen) atoms. The summed E-state index contributed by atoms with van der Waals surface area (Å²) < 4.78 is 5.71. The summed E-state index contributed by atoms with van der Waals surface area (Å²) in [4.78, 5) is 26.6. The molecular formula is C21H32ClN3O3. The first-order valence-corrected chi connectivity index (χ1v) is 9.82. The number of ether oxygens (including phenoxy) is 1. The van der Waals surface area contributed by atoms with Gasteiger partial charge in [0.2, 0.25) is 11.8 Å². The Morgan fingerprint density at radius 1 is 1.36 bits per heavy atom. The number of benzene rings is 1. The van der Waals surface area contributed by atoms with Gasteiger partial charge in [-0.1, -0.05) is 26.0 Å². The molecule has 7 heteroatoms. The summed E-state index contributed by atoms with van der Waals surface area (Å²) in [5.74, 6) is 0.0278. The lowest BCUT2D eigenvalue weighted by Crippen LogP contribution is -2.75. The Balaban J connectivity index is 0.00000280. The molecule has 1 aliphatic carbocycles. The molecule has 1 aromatic rings. The molecule has 2 aliphatic rings. The summed E-state index contributed by atoms with van der Waals surface area (Å²) in [6.45, 7) is 9.27. The van der Waals surface area contributed by atoms with E-state index < -0.39 is 11.0 Å². The second-order valence-electron chi connectivity index (χ2n) is 8.28. The van der Waals surface area contributed by atoms with E-state index in [1.165, 1.54) is 0 Å². The molecule has 2 fully saturated rings. The van der Waals surface area contributed by atoms with Gasteiger partial charge in [-0.05, 0) is 38.0 Å². The first-order valence-electron chi connectivity index (χ1n) is 9.82. The molecule has 0 spiro atoms. The number of hydrogen-bond donors (Lipinski definition) is 2. The molecule has 0 aromatic heterocycles. The summed E-state index contributed by atoms with van der Waals surface area (Å²) in [6, 6.07) is 7.65. The highest BCUT2D eigenvalue weighted by atomic mass is 35.5. The normalized spacial score (nSPS) is 27.0. The predicted octanol–water partition coefficient (Wildman–Crippen LogP) is 2.94. The van der Waals surface area contributed by atoms with Crippen molar-refractivity contribution in [3.05, 3.63) is 29.8 Å². The van der Waals surface area contributed by atoms with Crippen molar-refractivity contribution in [2.45, 2.75) is 64.6 Å². The minimum atomic E-state index is -0.928. The number of amides is 2. The van der Waals surface area contributed by atoms with Gasteiger partial charge in [0.1, 0.15) is 5.54 Å². The summed E-state index contributed by atoms with van der Waals surface area (Å²) in [7, 11) is 0. The molecule has 3 atom stereocenters. The molecule has 0 radical (unpaired) electrons. The predicted molar refractivity (Wildman–Crippen MR) is 113 cm³/mol. The lowest BCUT2D eigenvalue weighted by Gasteiger charge is -2.57. The number of nitrogens with one attached hydrogen (secondary N) is 1. The van der Waals surface area contributed by atoms with Crippen LogP contribution in [0, 0.1) is 5.41 Å². The van der Waals surface area contributed by atoms with Crippen molar-refractivity contribution >= 4 is 29.9 Å². The Bertz CT molecular complexity index is 722. The van der Waals surface area contributed by atoms with Gasteiger partial charge in [0.15, 0.2) is 0 Å². The van der Waals surface area contributed by atoms with Crippen LogP contribution in [0.4, 0.5) is 5.69 Å². The summed E-state index contributed by atoms with van der Waals surface area (Å²) in [5.41, 5.74) is 7.02. The van der Waals surface area contributed by atoms with Gasteiger partial charge in [0.25, 0.3) is 0 Å². The molecule has 2 amide bonds. The highest BCUT2D eigenvalue weighted by molar-refractivity contribution is 5.95. The van der Waals surface area contributed by atoms with Gasteiger partial charge in [-0.25, -0.2) is 0 Å². The maximum Gasteiger partial charge on any atom is 0.241 e. The number of carbonyl (C=O) groups excluding carboxylic acids is 2. The van der Waals surface area contributed by atoms with Gasteiger partial charge in [-0.3, -0.25) is 9.59 Å². The minimum absolute atomic E-state index is 0. The van der Waals surface area contributed by atoms with Crippen molar-refractivity contribution in [2.24, 2.45) is 11.1 Å². The number of halogens is 1. The number of nitrogens with zero attached hydrogens (tertiary/aromatic N) is 1. The van der Waals surface area contributed by atoms with Crippen molar-refractivity contribution in [1.29, 1.82) is 0 Å². The van der Waals surface area contributed by atoms with E-state index in [1.54, 1.807) is 0 Å². The van der Waals surface area contributed by atoms with Crippen LogP contribution in [-0.2, 0) is 14.3 Å². The molecule has 1 aromatic carbocycles. The number of anilines is 1. The van der Waals surface area contributed by atoms with Gasteiger partial charge >= 0.3 is 0 Å². The highest BCUT2D eigenvalue weighted by Crippen LogP contribution is 2.50. The second-order valence-corrected chi connectivity index (χ2v) is 8.28. The van der Waals surface area contributed by atoms with Crippen LogP contribution < -0.4 is 16.0 Å². The van der Waals surface area contributed by atoms with Gasteiger partial charge in [-0.2, -0.15) is 0 Å². The fraction of sp³-hybridized carbons (Fsp3) is 0.619. The van der Waals surface area contributed by atoms with Crippen molar-refractivity contribution in [3.63, 3.8) is 0 Å². The van der Waals surface area contributed by atoms with E-state index >= 15 is 0 Å². The molecular weight excluding hydrogens is 378 g/mol. The molecule has 3 rings (SSSR count). The highest BCUT2D eigenvalue weighted by Gasteiger charge is 2.62. The average molecular weight is 410 g/mol. The maximum absolute atomic E-state index is 12.9. The Kier molecular flexibility index (Phi) is 6.79. The van der Waals surface area contributed by atoms with E-state index in [0.717, 1.165) is 24.2 Å². The zero-order chi connectivity index (χ0) is 19.8. The Morgan fingerprint density at radius 2 is 2.00 bits per heavy atom. The number of hydrogen-bond acceptors (Lipinski definition) is 4. The average Bonchev–Trinajstić information content (AvgIpc) is 3.07. The standard InChI is InChI=1S/C21H31N3O3.ClH/c1-5-27-17-13-21(22,20(17,3)4)19(26)23-14(2)15-8-10-16(11-9-15)24-12-6-7-18(24)25;/h8-11,14,17H,5-7,12-13,22H2,1-4H3,(H,23,26);1H. The van der Waals surface area contributed by atoms with Crippen molar-refractivity contribution in [3.8, 4) is 0 Å². The minimum Gasteiger partial charge on any atom is -0.378 e. The Labute approximate surface area is 173 Å². The third kappa shape index (κ3) is 3.78. The van der Waals surface area contributed by atoms with Gasteiger partial charge in [0.05, 0.1) is 12.1 Å². The van der Waals surface area contributed by atoms with Gasteiger partial charge < -0.3 is 20.7 Å². The lowest BCUT2D eigenvalue weighted by atomic mass is 9.54. The van der Waals surface area contributed by atoms with E-state index in [9.17, 15) is 9.59 Å². The molecule has 1 saturated heterocycles. The summed E-state index contributed by atoms with van der Waals surface area (Å²) >= 11 is 0. The van der Waals surface area contributed by atoms with Crippen LogP contribution >= 0.6 is 12.4 Å². The van der Waals surface area contributed by atoms with Crippen LogP contribution in [0.2, 0.25) is 0 Å². The molecule has 3 N–H and O–H groups in total. The third-order valence-corrected chi connectivity index (χ3v) is 6.36. The molecule has 1 heterocycles. The zero-order valence-electron chi connectivity index (χ0n) is 17.2. The van der Waals surface area contributed by atoms with Crippen LogP contribution in [0.25, 0.3) is 0 Å². The lowest BCUT2D eigenvalue weighted by molar-refractivity contribution is -0.171. The number of carbonyl (C=O) groups is 2. The maximum atomic E-state index is 12.9. The largest absolute Gasteiger partial charge is 0.378 e. The number of nitrogens with two attached hydrogens (primary N) is 1. The molecule has 0 bridgehead atoms. The molecule has 6 nitrogen and oxygen atoms in total. The molecule has 1 saturated carbocycles. The third-order valence-electron chi connectivity index (χ3n) is 6.36. The molecule has 156 valence electrons. The van der Waals surface area contributed by atoms with E-state index in [-0.39, 0.29) is 36.4 Å². The van der Waals surface area contributed by atoms with Crippen LogP contribution in [0.5, 0.6) is 0 Å². The smallest absolute Gasteiger partial charge is 0.241 e. The van der Waals surface area contributed by atoms with Gasteiger partial charge in [-0.15, -0.1) is 12.4 Å². The molecule has 1 aliphatic heterocycles. The fourth-order valence-corrected chi connectivity index (χ4v) is 4.09. The number of rotatable bonds is 6. The summed E-state index contributed by atoms with van der Waals surface area (Å²) in [6.07, 6.45) is 2.06. The van der Waals surface area contributed by atoms with Crippen LogP contribution in [0.1, 0.15) is 58.6 Å². The van der Waals surface area contributed by atoms with Crippen molar-refractivity contribution < 1.29 is 14.3 Å². The fourth-order valence-electron chi connectivity index (χ4n) is 4.09. The quantitative estimate of drug-likeness (QED) is 0.756. The SMILES string of the molecule is CCOC1CC(N)(C(=O)NC(C)c2ccc(N3CCCC3=O)cc2)C1(C)C.Cl. The van der Waals surface area contributed by atoms with E-state index in [4.69, 9.17) is 10.5 Å².